The van der Waals surface area contributed by atoms with Gasteiger partial charge in [-0.1, -0.05) is 12.1 Å². The van der Waals surface area contributed by atoms with Gasteiger partial charge < -0.3 is 5.73 Å². The number of nitrogen functional groups attached to an aromatic ring is 1. The van der Waals surface area contributed by atoms with Crippen molar-refractivity contribution in [3.05, 3.63) is 69.0 Å². The second kappa shape index (κ2) is 5.72. The van der Waals surface area contributed by atoms with Gasteiger partial charge >= 0.3 is 5.69 Å². The summed E-state index contributed by atoms with van der Waals surface area (Å²) in [6.07, 6.45) is 1.58. The van der Waals surface area contributed by atoms with E-state index in [4.69, 9.17) is 5.73 Å². The highest BCUT2D eigenvalue weighted by Crippen LogP contribution is 2.11. The lowest BCUT2D eigenvalue weighted by Crippen LogP contribution is -2.41. The quantitative estimate of drug-likeness (QED) is 0.747. The van der Waals surface area contributed by atoms with E-state index in [-0.39, 0.29) is 17.3 Å². The van der Waals surface area contributed by atoms with E-state index < -0.39 is 0 Å². The van der Waals surface area contributed by atoms with Crippen LogP contribution in [0.15, 0.2) is 52.2 Å². The molecule has 0 saturated heterocycles. The van der Waals surface area contributed by atoms with Crippen molar-refractivity contribution >= 4 is 16.7 Å². The number of nitrogens with two attached hydrogens (primary N) is 1. The van der Waals surface area contributed by atoms with Crippen LogP contribution in [0.1, 0.15) is 25.5 Å². The molecule has 0 aliphatic carbocycles. The molecule has 1 aromatic carbocycles. The predicted molar refractivity (Wildman–Crippen MR) is 90.6 cm³/mol. The number of nitrogens with zero attached hydrogens (tertiary/aromatic N) is 3. The average Bonchev–Trinajstić information content (AvgIpc) is 2.53. The molecule has 23 heavy (non-hydrogen) atoms. The largest absolute Gasteiger partial charge is 0.399 e. The van der Waals surface area contributed by atoms with Crippen molar-refractivity contribution in [3.8, 4) is 0 Å². The van der Waals surface area contributed by atoms with Gasteiger partial charge in [-0.25, -0.2) is 9.78 Å². The molecular formula is C17H18N4O2. The Bertz CT molecular complexity index is 969. The third-order valence-electron chi connectivity index (χ3n) is 3.77. The molecule has 0 bridgehead atoms. The molecule has 0 aliphatic heterocycles. The van der Waals surface area contributed by atoms with Crippen molar-refractivity contribution in [1.29, 1.82) is 0 Å². The van der Waals surface area contributed by atoms with Gasteiger partial charge in [0.05, 0.1) is 11.9 Å². The van der Waals surface area contributed by atoms with Crippen LogP contribution in [0.25, 0.3) is 11.0 Å². The van der Waals surface area contributed by atoms with Gasteiger partial charge in [-0.2, -0.15) is 0 Å². The fourth-order valence-corrected chi connectivity index (χ4v) is 2.62. The molecule has 6 heteroatoms. The molecule has 0 amide bonds. The zero-order chi connectivity index (χ0) is 16.6. The smallest absolute Gasteiger partial charge is 0.333 e. The van der Waals surface area contributed by atoms with Crippen molar-refractivity contribution in [2.24, 2.45) is 0 Å². The van der Waals surface area contributed by atoms with Crippen molar-refractivity contribution in [2.75, 3.05) is 5.73 Å². The van der Waals surface area contributed by atoms with Crippen LogP contribution in [0.2, 0.25) is 0 Å². The summed E-state index contributed by atoms with van der Waals surface area (Å²) in [4.78, 5) is 29.6. The Morgan fingerprint density at radius 3 is 2.48 bits per heavy atom. The Morgan fingerprint density at radius 1 is 1.13 bits per heavy atom. The van der Waals surface area contributed by atoms with Crippen LogP contribution in [0.3, 0.4) is 0 Å². The third kappa shape index (κ3) is 2.63. The van der Waals surface area contributed by atoms with Crippen molar-refractivity contribution < 1.29 is 0 Å². The normalized spacial score (nSPS) is 11.3. The Labute approximate surface area is 132 Å². The predicted octanol–water partition coefficient (Wildman–Crippen LogP) is 1.77. The third-order valence-corrected chi connectivity index (χ3v) is 3.77. The molecule has 0 saturated carbocycles. The molecule has 0 fully saturated rings. The number of hydrogen-bond donors (Lipinski definition) is 1. The van der Waals surface area contributed by atoms with Crippen LogP contribution in [-0.4, -0.2) is 14.1 Å². The minimum atomic E-state index is -0.354. The minimum Gasteiger partial charge on any atom is -0.399 e. The zero-order valence-electron chi connectivity index (χ0n) is 13.1. The molecule has 2 N–H and O–H groups in total. The van der Waals surface area contributed by atoms with Crippen LogP contribution in [-0.2, 0) is 6.54 Å². The second-order valence-electron chi connectivity index (χ2n) is 5.75. The molecule has 0 radical (unpaired) electrons. The molecule has 2 aromatic heterocycles. The Kier molecular flexibility index (Phi) is 3.73. The number of benzene rings is 1. The molecule has 118 valence electrons. The van der Waals surface area contributed by atoms with Gasteiger partial charge in [-0.05, 0) is 43.7 Å². The summed E-state index contributed by atoms with van der Waals surface area (Å²) >= 11 is 0. The highest BCUT2D eigenvalue weighted by Gasteiger charge is 2.15. The van der Waals surface area contributed by atoms with Crippen LogP contribution in [0, 0.1) is 0 Å². The molecule has 0 spiro atoms. The maximum atomic E-state index is 12.8. The van der Waals surface area contributed by atoms with Crippen molar-refractivity contribution in [1.82, 2.24) is 14.1 Å². The highest BCUT2D eigenvalue weighted by atomic mass is 16.2. The van der Waals surface area contributed by atoms with E-state index >= 15 is 0 Å². The first kappa shape index (κ1) is 15.0. The lowest BCUT2D eigenvalue weighted by molar-refractivity contribution is 0.522. The summed E-state index contributed by atoms with van der Waals surface area (Å²) in [5, 5.41) is 0.441. The number of fused-ring (bicyclic) bond motifs is 1. The molecule has 6 nitrogen and oxygen atoms in total. The maximum Gasteiger partial charge on any atom is 0.333 e. The minimum absolute atomic E-state index is 0.225. The van der Waals surface area contributed by atoms with E-state index in [0.29, 0.717) is 23.3 Å². The fraction of sp³-hybridized carbons (Fsp3) is 0.235. The van der Waals surface area contributed by atoms with E-state index in [1.807, 2.05) is 26.0 Å². The number of anilines is 1. The van der Waals surface area contributed by atoms with E-state index in [1.54, 1.807) is 30.5 Å². The topological polar surface area (TPSA) is 82.9 Å². The van der Waals surface area contributed by atoms with Crippen LogP contribution >= 0.6 is 0 Å². The maximum absolute atomic E-state index is 12.8. The SMILES string of the molecule is CC(C)n1c(=O)c2cccnc2n(Cc2ccc(N)cc2)c1=O. The Hall–Kier alpha value is -2.89. The van der Waals surface area contributed by atoms with E-state index in [9.17, 15) is 9.59 Å². The Morgan fingerprint density at radius 2 is 1.83 bits per heavy atom. The van der Waals surface area contributed by atoms with Crippen LogP contribution in [0.5, 0.6) is 0 Å². The summed E-state index contributed by atoms with van der Waals surface area (Å²) < 4.78 is 2.80. The van der Waals surface area contributed by atoms with Crippen LogP contribution in [0.4, 0.5) is 5.69 Å². The molecular weight excluding hydrogens is 292 g/mol. The van der Waals surface area contributed by atoms with E-state index in [1.165, 1.54) is 9.13 Å². The summed E-state index contributed by atoms with van der Waals surface area (Å²) in [7, 11) is 0. The first-order valence-corrected chi connectivity index (χ1v) is 7.43. The van der Waals surface area contributed by atoms with Gasteiger partial charge in [0.1, 0.15) is 5.65 Å². The van der Waals surface area contributed by atoms with E-state index in [2.05, 4.69) is 4.98 Å². The van der Waals surface area contributed by atoms with Gasteiger partial charge in [-0.15, -0.1) is 0 Å². The number of pyridine rings is 1. The summed E-state index contributed by atoms with van der Waals surface area (Å²) in [5.74, 6) is 0. The lowest BCUT2D eigenvalue weighted by Gasteiger charge is -2.15. The molecule has 0 unspecified atom stereocenters. The first-order valence-electron chi connectivity index (χ1n) is 7.43. The van der Waals surface area contributed by atoms with Gasteiger partial charge in [0.25, 0.3) is 5.56 Å². The molecule has 3 rings (SSSR count). The standard InChI is InChI=1S/C17H18N4O2/c1-11(2)21-16(22)14-4-3-9-19-15(14)20(17(21)23)10-12-5-7-13(18)8-6-12/h3-9,11H,10,18H2,1-2H3. The molecule has 2 heterocycles. The van der Waals surface area contributed by atoms with Gasteiger partial charge in [0.2, 0.25) is 0 Å². The average molecular weight is 310 g/mol. The summed E-state index contributed by atoms with van der Waals surface area (Å²) in [6, 6.07) is 10.5. The lowest BCUT2D eigenvalue weighted by atomic mass is 10.2. The van der Waals surface area contributed by atoms with Gasteiger partial charge in [0.15, 0.2) is 0 Å². The van der Waals surface area contributed by atoms with Crippen molar-refractivity contribution in [2.45, 2.75) is 26.4 Å². The van der Waals surface area contributed by atoms with E-state index in [0.717, 1.165) is 5.56 Å². The fourth-order valence-electron chi connectivity index (χ4n) is 2.62. The monoisotopic (exact) mass is 310 g/mol. The highest BCUT2D eigenvalue weighted by molar-refractivity contribution is 5.73. The molecule has 3 aromatic rings. The zero-order valence-corrected chi connectivity index (χ0v) is 13.1. The van der Waals surface area contributed by atoms with Gasteiger partial charge in [-0.3, -0.25) is 13.9 Å². The van der Waals surface area contributed by atoms with Crippen molar-refractivity contribution in [3.63, 3.8) is 0 Å². The summed E-state index contributed by atoms with van der Waals surface area (Å²) in [6.45, 7) is 3.97. The molecule has 0 atom stereocenters. The number of aromatic nitrogens is 3. The number of hydrogen-bond acceptors (Lipinski definition) is 4. The first-order chi connectivity index (χ1) is 11.0. The van der Waals surface area contributed by atoms with Gasteiger partial charge in [0, 0.05) is 17.9 Å². The second-order valence-corrected chi connectivity index (χ2v) is 5.75. The summed E-state index contributed by atoms with van der Waals surface area (Å²) in [5.41, 5.74) is 7.02. The van der Waals surface area contributed by atoms with Crippen LogP contribution < -0.4 is 17.0 Å². The Balaban J connectivity index is 2.28. The number of rotatable bonds is 3. The molecule has 0 aliphatic rings.